The zero-order valence-corrected chi connectivity index (χ0v) is 12.8. The number of aromatic nitrogens is 1. The van der Waals surface area contributed by atoms with Crippen LogP contribution in [0.25, 0.3) is 0 Å². The van der Waals surface area contributed by atoms with Crippen LogP contribution >= 0.6 is 34.7 Å². The largest absolute Gasteiger partial charge is 0.326 e. The van der Waals surface area contributed by atoms with Crippen LogP contribution in [0.1, 0.15) is 34.3 Å². The molecule has 0 bridgehead atoms. The van der Waals surface area contributed by atoms with Gasteiger partial charge >= 0.3 is 0 Å². The van der Waals surface area contributed by atoms with E-state index in [1.165, 1.54) is 33.3 Å². The van der Waals surface area contributed by atoms with Crippen molar-refractivity contribution in [1.82, 2.24) is 4.98 Å². The molecular formula is C14H15ClN2S2. The molecule has 19 heavy (non-hydrogen) atoms. The second-order valence-electron chi connectivity index (χ2n) is 4.64. The van der Waals surface area contributed by atoms with Gasteiger partial charge in [-0.15, -0.1) is 23.1 Å². The first-order chi connectivity index (χ1) is 9.26. The summed E-state index contributed by atoms with van der Waals surface area (Å²) in [5, 5.41) is 1.96. The lowest BCUT2D eigenvalue weighted by molar-refractivity contribution is 0.968. The maximum atomic E-state index is 5.99. The van der Waals surface area contributed by atoms with Gasteiger partial charge in [-0.05, 0) is 31.0 Å². The number of nitrogens with two attached hydrogens (primary N) is 1. The molecule has 0 unspecified atom stereocenters. The minimum absolute atomic E-state index is 0.616. The van der Waals surface area contributed by atoms with Crippen LogP contribution in [-0.2, 0) is 12.3 Å². The normalized spacial score (nSPS) is 14.8. The highest BCUT2D eigenvalue weighted by atomic mass is 35.5. The van der Waals surface area contributed by atoms with Crippen LogP contribution in [0.3, 0.4) is 0 Å². The molecule has 0 atom stereocenters. The van der Waals surface area contributed by atoms with Crippen molar-refractivity contribution in [3.05, 3.63) is 44.9 Å². The van der Waals surface area contributed by atoms with Gasteiger partial charge in [0.2, 0.25) is 0 Å². The number of nitrogens with zero attached hydrogens (tertiary/aromatic N) is 1. The van der Waals surface area contributed by atoms with E-state index in [1.54, 1.807) is 23.1 Å². The fraction of sp³-hybridized carbons (Fsp3) is 0.357. The highest BCUT2D eigenvalue weighted by molar-refractivity contribution is 7.98. The number of thiazole rings is 1. The Labute approximate surface area is 126 Å². The minimum Gasteiger partial charge on any atom is -0.326 e. The van der Waals surface area contributed by atoms with Gasteiger partial charge in [0.15, 0.2) is 0 Å². The summed E-state index contributed by atoms with van der Waals surface area (Å²) in [6.45, 7) is 0.616. The Hall–Kier alpha value is -0.550. The average Bonchev–Trinajstić information content (AvgIpc) is 3.17. The van der Waals surface area contributed by atoms with Crippen molar-refractivity contribution in [3.63, 3.8) is 0 Å². The lowest BCUT2D eigenvalue weighted by Crippen LogP contribution is -1.96. The van der Waals surface area contributed by atoms with Gasteiger partial charge in [0.25, 0.3) is 0 Å². The van der Waals surface area contributed by atoms with Gasteiger partial charge in [0, 0.05) is 27.3 Å². The second kappa shape index (κ2) is 5.83. The van der Waals surface area contributed by atoms with Crippen molar-refractivity contribution < 1.29 is 0 Å². The van der Waals surface area contributed by atoms with Crippen LogP contribution < -0.4 is 5.73 Å². The van der Waals surface area contributed by atoms with E-state index in [0.29, 0.717) is 12.5 Å². The minimum atomic E-state index is 0.616. The van der Waals surface area contributed by atoms with E-state index in [0.717, 1.165) is 10.8 Å². The molecule has 100 valence electrons. The maximum Gasteiger partial charge on any atom is 0.103 e. The third-order valence-corrected chi connectivity index (χ3v) is 5.60. The van der Waals surface area contributed by atoms with Crippen molar-refractivity contribution in [3.8, 4) is 0 Å². The molecule has 0 radical (unpaired) electrons. The van der Waals surface area contributed by atoms with Crippen molar-refractivity contribution in [1.29, 1.82) is 0 Å². The van der Waals surface area contributed by atoms with E-state index in [4.69, 9.17) is 22.3 Å². The smallest absolute Gasteiger partial charge is 0.103 e. The molecule has 1 aromatic carbocycles. The summed E-state index contributed by atoms with van der Waals surface area (Å²) in [5.41, 5.74) is 7.06. The Morgan fingerprint density at radius 3 is 2.95 bits per heavy atom. The molecule has 0 aliphatic heterocycles. The van der Waals surface area contributed by atoms with E-state index < -0.39 is 0 Å². The number of rotatable bonds is 5. The molecule has 0 amide bonds. The van der Waals surface area contributed by atoms with Crippen LogP contribution in [0.15, 0.2) is 29.2 Å². The van der Waals surface area contributed by atoms with Crippen LogP contribution in [0.2, 0.25) is 5.02 Å². The van der Waals surface area contributed by atoms with Crippen LogP contribution in [-0.4, -0.2) is 4.98 Å². The molecule has 1 saturated carbocycles. The summed E-state index contributed by atoms with van der Waals surface area (Å²) in [6, 6.07) is 7.95. The number of benzene rings is 1. The number of halogens is 1. The molecule has 1 heterocycles. The average molecular weight is 311 g/mol. The van der Waals surface area contributed by atoms with Crippen molar-refractivity contribution >= 4 is 34.7 Å². The molecule has 1 aliphatic rings. The first kappa shape index (κ1) is 13.4. The van der Waals surface area contributed by atoms with Crippen molar-refractivity contribution in [2.75, 3.05) is 0 Å². The fourth-order valence-corrected chi connectivity index (χ4v) is 4.24. The predicted octanol–water partition coefficient (Wildman–Crippen LogP) is 4.42. The van der Waals surface area contributed by atoms with E-state index in [1.807, 2.05) is 18.2 Å². The molecule has 5 heteroatoms. The third kappa shape index (κ3) is 3.31. The van der Waals surface area contributed by atoms with Gasteiger partial charge in [0.05, 0.1) is 11.4 Å². The molecule has 1 aromatic heterocycles. The third-order valence-electron chi connectivity index (χ3n) is 3.08. The molecule has 1 fully saturated rings. The Bertz CT molecular complexity index is 579. The summed E-state index contributed by atoms with van der Waals surface area (Å²) >= 11 is 9.52. The molecular weight excluding hydrogens is 296 g/mol. The Balaban J connectivity index is 1.69. The van der Waals surface area contributed by atoms with Crippen LogP contribution in [0, 0.1) is 0 Å². The van der Waals surface area contributed by atoms with Crippen LogP contribution in [0.5, 0.6) is 0 Å². The number of hydrogen-bond acceptors (Lipinski definition) is 4. The number of thioether (sulfide) groups is 1. The summed E-state index contributed by atoms with van der Waals surface area (Å²) in [4.78, 5) is 7.22. The highest BCUT2D eigenvalue weighted by Gasteiger charge is 2.29. The van der Waals surface area contributed by atoms with Crippen molar-refractivity contribution in [2.24, 2.45) is 5.73 Å². The van der Waals surface area contributed by atoms with Crippen LogP contribution in [0.4, 0.5) is 0 Å². The van der Waals surface area contributed by atoms with E-state index in [-0.39, 0.29) is 0 Å². The lowest BCUT2D eigenvalue weighted by Gasteiger charge is -1.99. The van der Waals surface area contributed by atoms with Gasteiger partial charge in [-0.1, -0.05) is 17.7 Å². The highest BCUT2D eigenvalue weighted by Crippen LogP contribution is 2.43. The first-order valence-corrected chi connectivity index (χ1v) is 8.51. The molecule has 2 aromatic rings. The summed E-state index contributed by atoms with van der Waals surface area (Å²) in [6.07, 6.45) is 2.55. The van der Waals surface area contributed by atoms with E-state index >= 15 is 0 Å². The second-order valence-corrected chi connectivity index (χ2v) is 7.29. The zero-order chi connectivity index (χ0) is 13.2. The Morgan fingerprint density at radius 2 is 2.26 bits per heavy atom. The van der Waals surface area contributed by atoms with Gasteiger partial charge in [0.1, 0.15) is 5.01 Å². The Kier molecular flexibility index (Phi) is 4.12. The van der Waals surface area contributed by atoms with E-state index in [9.17, 15) is 0 Å². The maximum absolute atomic E-state index is 5.99. The first-order valence-electron chi connectivity index (χ1n) is 6.33. The molecule has 0 spiro atoms. The Morgan fingerprint density at radius 1 is 1.42 bits per heavy atom. The topological polar surface area (TPSA) is 38.9 Å². The fourth-order valence-electron chi connectivity index (χ4n) is 2.00. The van der Waals surface area contributed by atoms with Gasteiger partial charge in [-0.2, -0.15) is 0 Å². The van der Waals surface area contributed by atoms with Gasteiger partial charge in [-0.25, -0.2) is 4.98 Å². The molecule has 3 rings (SSSR count). The zero-order valence-electron chi connectivity index (χ0n) is 10.4. The van der Waals surface area contributed by atoms with Gasteiger partial charge < -0.3 is 5.73 Å². The van der Waals surface area contributed by atoms with Gasteiger partial charge in [-0.3, -0.25) is 0 Å². The quantitative estimate of drug-likeness (QED) is 0.831. The molecule has 0 saturated heterocycles. The number of hydrogen-bond donors (Lipinski definition) is 1. The predicted molar refractivity (Wildman–Crippen MR) is 83.0 cm³/mol. The molecule has 2 N–H and O–H groups in total. The summed E-state index contributed by atoms with van der Waals surface area (Å²) in [7, 11) is 0. The standard InChI is InChI=1S/C14H15ClN2S2/c15-10-2-1-3-11(6-10)18-8-13-17-14(9-4-5-9)12(7-16)19-13/h1-3,6,9H,4-5,7-8,16H2. The summed E-state index contributed by atoms with van der Waals surface area (Å²) in [5.74, 6) is 1.57. The van der Waals surface area contributed by atoms with E-state index in [2.05, 4.69) is 6.07 Å². The SMILES string of the molecule is NCc1sc(CSc2cccc(Cl)c2)nc1C1CC1. The van der Waals surface area contributed by atoms with Crippen molar-refractivity contribution in [2.45, 2.75) is 36.0 Å². The monoisotopic (exact) mass is 310 g/mol. The summed E-state index contributed by atoms with van der Waals surface area (Å²) < 4.78 is 0. The molecule has 1 aliphatic carbocycles. The molecule has 2 nitrogen and oxygen atoms in total. The lowest BCUT2D eigenvalue weighted by atomic mass is 10.2.